The minimum Gasteiger partial charge on any atom is -0.339 e. The van der Waals surface area contributed by atoms with Gasteiger partial charge in [0.15, 0.2) is 0 Å². The Labute approximate surface area is 148 Å². The number of hydrogen-bond acceptors (Lipinski definition) is 4. The number of amides is 2. The van der Waals surface area contributed by atoms with Gasteiger partial charge in [0.2, 0.25) is 15.9 Å². The first-order chi connectivity index (χ1) is 11.9. The molecule has 0 radical (unpaired) electrons. The zero-order valence-electron chi connectivity index (χ0n) is 14.3. The predicted octanol–water partition coefficient (Wildman–Crippen LogP) is 0.775. The number of piperazine rings is 1. The van der Waals surface area contributed by atoms with Crippen molar-refractivity contribution >= 4 is 21.8 Å². The Bertz CT molecular complexity index is 764. The van der Waals surface area contributed by atoms with E-state index in [1.165, 1.54) is 23.4 Å². The van der Waals surface area contributed by atoms with Gasteiger partial charge in [-0.2, -0.15) is 4.31 Å². The third kappa shape index (κ3) is 3.69. The van der Waals surface area contributed by atoms with Crippen molar-refractivity contribution in [3.05, 3.63) is 29.8 Å². The van der Waals surface area contributed by atoms with Crippen LogP contribution in [0.3, 0.4) is 0 Å². The van der Waals surface area contributed by atoms with Crippen LogP contribution in [0.5, 0.6) is 0 Å². The van der Waals surface area contributed by atoms with Crippen molar-refractivity contribution in [1.29, 1.82) is 0 Å². The molecule has 0 atom stereocenters. The van der Waals surface area contributed by atoms with Crippen LogP contribution in [-0.2, 0) is 14.8 Å². The summed E-state index contributed by atoms with van der Waals surface area (Å²) < 4.78 is 26.8. The summed E-state index contributed by atoms with van der Waals surface area (Å²) in [4.78, 5) is 27.6. The van der Waals surface area contributed by atoms with Crippen molar-refractivity contribution in [2.75, 3.05) is 39.3 Å². The summed E-state index contributed by atoms with van der Waals surface area (Å²) in [6, 6.07) is 6.26. The van der Waals surface area contributed by atoms with E-state index in [2.05, 4.69) is 0 Å². The molecule has 0 bridgehead atoms. The third-order valence-corrected chi connectivity index (χ3v) is 6.69. The maximum Gasteiger partial charge on any atom is 0.254 e. The van der Waals surface area contributed by atoms with Crippen LogP contribution in [0.15, 0.2) is 29.2 Å². The molecule has 2 fully saturated rings. The van der Waals surface area contributed by atoms with Gasteiger partial charge in [-0.25, -0.2) is 8.42 Å². The van der Waals surface area contributed by atoms with Crippen molar-refractivity contribution in [1.82, 2.24) is 14.1 Å². The van der Waals surface area contributed by atoms with Crippen LogP contribution in [0.4, 0.5) is 0 Å². The molecule has 1 aromatic carbocycles. The normalized spacial score (nSPS) is 19.2. The van der Waals surface area contributed by atoms with Crippen molar-refractivity contribution in [3.63, 3.8) is 0 Å². The van der Waals surface area contributed by atoms with Gasteiger partial charge in [0.25, 0.3) is 5.91 Å². The number of nitrogens with zero attached hydrogens (tertiary/aromatic N) is 3. The minimum absolute atomic E-state index is 0.00537. The monoisotopic (exact) mass is 365 g/mol. The van der Waals surface area contributed by atoms with Crippen molar-refractivity contribution in [2.24, 2.45) is 0 Å². The number of carbonyl (C=O) groups is 2. The van der Waals surface area contributed by atoms with Crippen LogP contribution in [0.25, 0.3) is 0 Å². The maximum absolute atomic E-state index is 12.7. The molecule has 3 rings (SSSR count). The van der Waals surface area contributed by atoms with Crippen molar-refractivity contribution in [2.45, 2.75) is 24.7 Å². The Balaban J connectivity index is 1.75. The standard InChI is InChI=1S/C17H23N3O4S/c1-14(21)18-9-11-19(12-10-18)17(22)15-5-4-6-16(13-15)25(23,24)20-7-2-3-8-20/h4-6,13H,2-3,7-12H2,1H3. The molecular formula is C17H23N3O4S. The van der Waals surface area contributed by atoms with Crippen LogP contribution in [0.2, 0.25) is 0 Å². The SMILES string of the molecule is CC(=O)N1CCN(C(=O)c2cccc(S(=O)(=O)N3CCCC3)c2)CC1. The summed E-state index contributed by atoms with van der Waals surface area (Å²) >= 11 is 0. The van der Waals surface area contributed by atoms with Crippen LogP contribution in [0.1, 0.15) is 30.1 Å². The van der Waals surface area contributed by atoms with Crippen LogP contribution in [-0.4, -0.2) is 73.6 Å². The quantitative estimate of drug-likeness (QED) is 0.793. The molecule has 8 heteroatoms. The number of benzene rings is 1. The van der Waals surface area contributed by atoms with Gasteiger partial charge in [-0.05, 0) is 31.0 Å². The summed E-state index contributed by atoms with van der Waals surface area (Å²) in [6.07, 6.45) is 1.75. The zero-order valence-corrected chi connectivity index (χ0v) is 15.2. The highest BCUT2D eigenvalue weighted by atomic mass is 32.2. The number of carbonyl (C=O) groups excluding carboxylic acids is 2. The lowest BCUT2D eigenvalue weighted by molar-refractivity contribution is -0.130. The Morgan fingerprint density at radius 1 is 0.920 bits per heavy atom. The minimum atomic E-state index is -3.54. The fraction of sp³-hybridized carbons (Fsp3) is 0.529. The first-order valence-corrected chi connectivity index (χ1v) is 9.98. The smallest absolute Gasteiger partial charge is 0.254 e. The summed E-state index contributed by atoms with van der Waals surface area (Å²) in [5, 5.41) is 0. The van der Waals surface area contributed by atoms with Crippen LogP contribution in [0, 0.1) is 0 Å². The summed E-state index contributed by atoms with van der Waals surface area (Å²) in [5.41, 5.74) is 0.372. The predicted molar refractivity (Wildman–Crippen MR) is 92.6 cm³/mol. The lowest BCUT2D eigenvalue weighted by Gasteiger charge is -2.34. The third-order valence-electron chi connectivity index (χ3n) is 4.80. The van der Waals surface area contributed by atoms with Gasteiger partial charge in [-0.1, -0.05) is 6.07 Å². The molecule has 0 saturated carbocycles. The summed E-state index contributed by atoms with van der Waals surface area (Å²) in [5.74, 6) is -0.188. The molecular weight excluding hydrogens is 342 g/mol. The molecule has 0 spiro atoms. The van der Waals surface area contributed by atoms with E-state index in [9.17, 15) is 18.0 Å². The van der Waals surface area contributed by atoms with Gasteiger partial charge in [0, 0.05) is 51.8 Å². The molecule has 0 unspecified atom stereocenters. The molecule has 1 aromatic rings. The largest absolute Gasteiger partial charge is 0.339 e. The van der Waals surface area contributed by atoms with E-state index in [1.807, 2.05) is 0 Å². The number of rotatable bonds is 3. The summed E-state index contributed by atoms with van der Waals surface area (Å²) in [6.45, 7) is 4.52. The molecule has 2 aliphatic heterocycles. The Hall–Kier alpha value is -1.93. The topological polar surface area (TPSA) is 78.0 Å². The molecule has 7 nitrogen and oxygen atoms in total. The zero-order chi connectivity index (χ0) is 18.0. The molecule has 25 heavy (non-hydrogen) atoms. The lowest BCUT2D eigenvalue weighted by Crippen LogP contribution is -2.50. The second-order valence-electron chi connectivity index (χ2n) is 6.44. The highest BCUT2D eigenvalue weighted by molar-refractivity contribution is 7.89. The molecule has 2 amide bonds. The molecule has 0 aliphatic carbocycles. The maximum atomic E-state index is 12.7. The van der Waals surface area contributed by atoms with E-state index >= 15 is 0 Å². The molecule has 2 heterocycles. The van der Waals surface area contributed by atoms with E-state index < -0.39 is 10.0 Å². The molecule has 2 aliphatic rings. The van der Waals surface area contributed by atoms with E-state index in [1.54, 1.807) is 21.9 Å². The summed E-state index contributed by atoms with van der Waals surface area (Å²) in [7, 11) is -3.54. The first kappa shape index (κ1) is 17.9. The first-order valence-electron chi connectivity index (χ1n) is 8.54. The van der Waals surface area contributed by atoms with E-state index in [0.717, 1.165) is 12.8 Å². The van der Waals surface area contributed by atoms with Gasteiger partial charge < -0.3 is 9.80 Å². The Morgan fingerprint density at radius 3 is 2.12 bits per heavy atom. The van der Waals surface area contributed by atoms with Crippen LogP contribution >= 0.6 is 0 Å². The lowest BCUT2D eigenvalue weighted by atomic mass is 10.2. The van der Waals surface area contributed by atoms with Gasteiger partial charge >= 0.3 is 0 Å². The number of hydrogen-bond donors (Lipinski definition) is 0. The van der Waals surface area contributed by atoms with Crippen molar-refractivity contribution in [3.8, 4) is 0 Å². The molecule has 136 valence electrons. The highest BCUT2D eigenvalue weighted by Crippen LogP contribution is 2.22. The molecule has 2 saturated heterocycles. The van der Waals surface area contributed by atoms with E-state index in [0.29, 0.717) is 44.8 Å². The van der Waals surface area contributed by atoms with Gasteiger partial charge in [0.1, 0.15) is 0 Å². The fourth-order valence-electron chi connectivity index (χ4n) is 3.27. The fourth-order valence-corrected chi connectivity index (χ4v) is 4.84. The average Bonchev–Trinajstić information content (AvgIpc) is 3.17. The highest BCUT2D eigenvalue weighted by Gasteiger charge is 2.29. The van der Waals surface area contributed by atoms with Crippen LogP contribution < -0.4 is 0 Å². The van der Waals surface area contributed by atoms with E-state index in [4.69, 9.17) is 0 Å². The Morgan fingerprint density at radius 2 is 1.52 bits per heavy atom. The Kier molecular flexibility index (Phi) is 5.10. The van der Waals surface area contributed by atoms with Gasteiger partial charge in [0.05, 0.1) is 4.90 Å². The van der Waals surface area contributed by atoms with Crippen molar-refractivity contribution < 1.29 is 18.0 Å². The molecule has 0 aromatic heterocycles. The van der Waals surface area contributed by atoms with E-state index in [-0.39, 0.29) is 16.7 Å². The van der Waals surface area contributed by atoms with Gasteiger partial charge in [-0.15, -0.1) is 0 Å². The second-order valence-corrected chi connectivity index (χ2v) is 8.38. The molecule has 0 N–H and O–H groups in total. The number of sulfonamides is 1. The second kappa shape index (κ2) is 7.13. The van der Waals surface area contributed by atoms with Gasteiger partial charge in [-0.3, -0.25) is 9.59 Å². The average molecular weight is 365 g/mol.